The highest BCUT2D eigenvalue weighted by Crippen LogP contribution is 2.41. The Kier molecular flexibility index (Phi) is 11.7. The van der Waals surface area contributed by atoms with Gasteiger partial charge in [0.1, 0.15) is 24.3 Å². The summed E-state index contributed by atoms with van der Waals surface area (Å²) in [5.41, 5.74) is 2.84. The van der Waals surface area contributed by atoms with E-state index in [9.17, 15) is 19.8 Å². The quantitative estimate of drug-likeness (QED) is 0.0936. The number of fused-ring (bicyclic) bond motifs is 1. The number of aromatic nitrogens is 2. The molecule has 1 aliphatic heterocycles. The van der Waals surface area contributed by atoms with Crippen LogP contribution in [0.5, 0.6) is 11.5 Å². The number of ether oxygens (including phenoxy) is 2. The third kappa shape index (κ3) is 8.48. The van der Waals surface area contributed by atoms with Gasteiger partial charge in [0.25, 0.3) is 5.91 Å². The summed E-state index contributed by atoms with van der Waals surface area (Å²) >= 11 is 0. The van der Waals surface area contributed by atoms with Crippen molar-refractivity contribution in [2.75, 3.05) is 6.61 Å². The minimum Gasteiger partial charge on any atom is -0.485 e. The number of carbonyl (C=O) groups is 2. The number of imidazole rings is 1. The fourth-order valence-corrected chi connectivity index (χ4v) is 8.77. The molecule has 0 spiro atoms. The fourth-order valence-electron chi connectivity index (χ4n) is 8.77. The Hall–Kier alpha value is -5.45. The minimum absolute atomic E-state index is 0.0177. The number of carbonyl (C=O) groups excluding carboxylic acids is 2. The van der Waals surface area contributed by atoms with Gasteiger partial charge in [-0.05, 0) is 59.9 Å². The number of hydrogen-bond donors (Lipinski definition) is 4. The summed E-state index contributed by atoms with van der Waals surface area (Å²) in [6, 6.07) is 36.2. The van der Waals surface area contributed by atoms with Crippen molar-refractivity contribution < 1.29 is 29.3 Å². The summed E-state index contributed by atoms with van der Waals surface area (Å²) in [6.07, 6.45) is 8.42. The molecule has 0 saturated heterocycles. The van der Waals surface area contributed by atoms with Gasteiger partial charge in [0, 0.05) is 12.6 Å². The summed E-state index contributed by atoms with van der Waals surface area (Å²) in [5, 5.41) is 28.7. The Morgan fingerprint density at radius 3 is 1.93 bits per heavy atom. The third-order valence-corrected chi connectivity index (χ3v) is 12.0. The molecule has 1 unspecified atom stereocenters. The van der Waals surface area contributed by atoms with Gasteiger partial charge in [-0.2, -0.15) is 0 Å². The van der Waals surface area contributed by atoms with Gasteiger partial charge in [-0.3, -0.25) is 9.59 Å². The van der Waals surface area contributed by atoms with E-state index in [1.165, 1.54) is 6.42 Å². The van der Waals surface area contributed by atoms with Crippen LogP contribution in [0, 0.1) is 11.8 Å². The first kappa shape index (κ1) is 38.4. The molecule has 0 bridgehead atoms. The van der Waals surface area contributed by atoms with Gasteiger partial charge in [0.15, 0.2) is 11.5 Å². The molecule has 2 heterocycles. The number of aliphatic hydroxyl groups is 2. The molecular formula is C47H52N4O6. The van der Waals surface area contributed by atoms with Crippen molar-refractivity contribution >= 4 is 11.8 Å². The number of nitrogens with one attached hydrogen (secondary N) is 2. The highest BCUT2D eigenvalue weighted by atomic mass is 16.6. The van der Waals surface area contributed by atoms with Gasteiger partial charge in [-0.15, -0.1) is 0 Å². The summed E-state index contributed by atoms with van der Waals surface area (Å²) in [5.74, 6) is 0.387. The van der Waals surface area contributed by atoms with Crippen LogP contribution in [0.3, 0.4) is 0 Å². The van der Waals surface area contributed by atoms with Crippen LogP contribution in [0.1, 0.15) is 73.8 Å². The first-order valence-electron chi connectivity index (χ1n) is 20.5. The smallest absolute Gasteiger partial charge is 0.265 e. The number of aliphatic hydroxyl groups excluding tert-OH is 2. The van der Waals surface area contributed by atoms with E-state index in [1.54, 1.807) is 18.5 Å². The lowest BCUT2D eigenvalue weighted by Crippen LogP contribution is -2.58. The molecule has 4 N–H and O–H groups in total. The molecule has 0 radical (unpaired) electrons. The molecule has 8 rings (SSSR count). The zero-order chi connectivity index (χ0) is 39.2. The van der Waals surface area contributed by atoms with Crippen molar-refractivity contribution in [2.45, 2.75) is 93.7 Å². The number of amides is 2. The molecule has 2 amide bonds. The van der Waals surface area contributed by atoms with E-state index >= 15 is 0 Å². The largest absolute Gasteiger partial charge is 0.485 e. The number of para-hydroxylation sites is 2. The van der Waals surface area contributed by atoms with E-state index in [0.29, 0.717) is 29.5 Å². The Bertz CT molecular complexity index is 1990. The second kappa shape index (κ2) is 17.4. The lowest BCUT2D eigenvalue weighted by Gasteiger charge is -2.37. The van der Waals surface area contributed by atoms with Crippen LogP contribution in [-0.2, 0) is 21.5 Å². The third-order valence-electron chi connectivity index (χ3n) is 12.0. The molecule has 5 atom stereocenters. The molecule has 2 saturated carbocycles. The second-order valence-electron chi connectivity index (χ2n) is 15.9. The monoisotopic (exact) mass is 768 g/mol. The van der Waals surface area contributed by atoms with E-state index in [-0.39, 0.29) is 18.9 Å². The second-order valence-corrected chi connectivity index (χ2v) is 15.9. The number of hydrogen-bond acceptors (Lipinski definition) is 7. The zero-order valence-corrected chi connectivity index (χ0v) is 32.2. The normalized spacial score (nSPS) is 19.2. The maximum absolute atomic E-state index is 14.6. The van der Waals surface area contributed by atoms with E-state index in [4.69, 9.17) is 14.5 Å². The number of nitrogens with zero attached hydrogens (tertiary/aromatic N) is 2. The van der Waals surface area contributed by atoms with Gasteiger partial charge in [-0.25, -0.2) is 4.98 Å². The van der Waals surface area contributed by atoms with E-state index < -0.39 is 47.7 Å². The summed E-state index contributed by atoms with van der Waals surface area (Å²) in [4.78, 5) is 33.4. The Morgan fingerprint density at radius 1 is 0.754 bits per heavy atom. The molecule has 1 aromatic heterocycles. The molecule has 10 nitrogen and oxygen atoms in total. The Labute approximate surface area is 334 Å². The fraction of sp³-hybridized carbons (Fsp3) is 0.383. The summed E-state index contributed by atoms with van der Waals surface area (Å²) in [6.45, 7) is -0.0177. The molecule has 5 aromatic rings. The van der Waals surface area contributed by atoms with E-state index in [1.807, 2.05) is 72.9 Å². The molecular weight excluding hydrogens is 717 g/mol. The van der Waals surface area contributed by atoms with Gasteiger partial charge >= 0.3 is 0 Å². The maximum atomic E-state index is 14.6. The van der Waals surface area contributed by atoms with Gasteiger partial charge in [0.05, 0.1) is 24.2 Å². The van der Waals surface area contributed by atoms with Crippen molar-refractivity contribution in [3.05, 3.63) is 150 Å². The van der Waals surface area contributed by atoms with Crippen LogP contribution >= 0.6 is 0 Å². The van der Waals surface area contributed by atoms with Crippen LogP contribution in [-0.4, -0.2) is 68.6 Å². The summed E-state index contributed by atoms with van der Waals surface area (Å²) in [7, 11) is 0. The predicted molar refractivity (Wildman–Crippen MR) is 217 cm³/mol. The van der Waals surface area contributed by atoms with Crippen LogP contribution in [0.15, 0.2) is 128 Å². The summed E-state index contributed by atoms with van der Waals surface area (Å²) < 4.78 is 14.0. The Morgan fingerprint density at radius 2 is 1.33 bits per heavy atom. The van der Waals surface area contributed by atoms with Crippen molar-refractivity contribution in [3.63, 3.8) is 0 Å². The minimum atomic E-state index is -1.13. The highest BCUT2D eigenvalue weighted by molar-refractivity contribution is 5.90. The molecule has 2 fully saturated rings. The van der Waals surface area contributed by atoms with Crippen molar-refractivity contribution in [1.29, 1.82) is 0 Å². The van der Waals surface area contributed by atoms with Crippen LogP contribution in [0.4, 0.5) is 0 Å². The first-order chi connectivity index (χ1) is 27.9. The topological polar surface area (TPSA) is 135 Å². The average Bonchev–Trinajstić information content (AvgIpc) is 4.02. The maximum Gasteiger partial charge on any atom is 0.265 e. The highest BCUT2D eigenvalue weighted by Gasteiger charge is 2.42. The molecule has 4 aromatic carbocycles. The average molecular weight is 769 g/mol. The SMILES string of the molecule is O=C(N[C@@H](CC1CCCCC1)[C@@H](O)[C@@H](O)C1CC1)C(Cc1cn(C(c2ccccc2)(c2ccccc2)c2ccccc2)cn1)NC(=O)[C@@H]1COc2ccccc2O1. The molecule has 2 aliphatic carbocycles. The predicted octanol–water partition coefficient (Wildman–Crippen LogP) is 6.18. The number of benzene rings is 4. The van der Waals surface area contributed by atoms with Crippen molar-refractivity contribution in [2.24, 2.45) is 11.8 Å². The molecule has 3 aliphatic rings. The van der Waals surface area contributed by atoms with Gasteiger partial charge in [-0.1, -0.05) is 135 Å². The van der Waals surface area contributed by atoms with Crippen LogP contribution in [0.25, 0.3) is 0 Å². The van der Waals surface area contributed by atoms with Crippen LogP contribution in [0.2, 0.25) is 0 Å². The standard InChI is InChI=1S/C47H52N4O6/c52-43(33-25-26-33)44(53)38(27-32-15-5-1-6-16-32)49-45(54)39(50-46(55)42-30-56-40-23-13-14-24-41(40)57-42)28-37-29-51(31-48-37)47(34-17-7-2-8-18-34,35-19-9-3-10-20-35)36-21-11-4-12-22-36/h2-4,7-14,17-24,29,31-33,38-39,42-44,52-53H,1,5-6,15-16,25-28,30H2,(H,49,54)(H,50,55)/t38-,39?,42-,43-,44+/m0/s1. The van der Waals surface area contributed by atoms with Gasteiger partial charge in [0.2, 0.25) is 12.0 Å². The molecule has 10 heteroatoms. The molecule has 57 heavy (non-hydrogen) atoms. The lowest BCUT2D eigenvalue weighted by molar-refractivity contribution is -0.135. The van der Waals surface area contributed by atoms with Crippen molar-refractivity contribution in [1.82, 2.24) is 20.2 Å². The van der Waals surface area contributed by atoms with Crippen molar-refractivity contribution in [3.8, 4) is 11.5 Å². The zero-order valence-electron chi connectivity index (χ0n) is 32.2. The van der Waals surface area contributed by atoms with Gasteiger partial charge < -0.3 is 34.9 Å². The number of rotatable bonds is 15. The lowest BCUT2D eigenvalue weighted by atomic mass is 9.77. The molecule has 296 valence electrons. The van der Waals surface area contributed by atoms with E-state index in [0.717, 1.165) is 55.2 Å². The first-order valence-corrected chi connectivity index (χ1v) is 20.5. The Balaban J connectivity index is 1.12. The van der Waals surface area contributed by atoms with E-state index in [2.05, 4.69) is 51.6 Å². The van der Waals surface area contributed by atoms with Crippen LogP contribution < -0.4 is 20.1 Å².